The van der Waals surface area contributed by atoms with Gasteiger partial charge in [-0.15, -0.1) is 0 Å². The zero-order valence-corrected chi connectivity index (χ0v) is 13.2. The Morgan fingerprint density at radius 1 is 1.17 bits per heavy atom. The van der Waals surface area contributed by atoms with Gasteiger partial charge in [-0.2, -0.15) is 0 Å². The first-order valence-electron chi connectivity index (χ1n) is 7.94. The summed E-state index contributed by atoms with van der Waals surface area (Å²) in [6.45, 7) is 0.442. The number of fused-ring (bicyclic) bond motifs is 1. The second-order valence-electron chi connectivity index (χ2n) is 5.90. The predicted molar refractivity (Wildman–Crippen MR) is 89.3 cm³/mol. The Balaban J connectivity index is 1.58. The molecule has 1 amide bonds. The minimum absolute atomic E-state index is 0.0486. The first-order chi connectivity index (χ1) is 11.6. The number of aromatic carboxylic acids is 1. The molecule has 24 heavy (non-hydrogen) atoms. The molecule has 1 aliphatic heterocycles. The number of rotatable bonds is 4. The van der Waals surface area contributed by atoms with Crippen molar-refractivity contribution >= 4 is 11.9 Å². The van der Waals surface area contributed by atoms with Crippen molar-refractivity contribution in [1.82, 2.24) is 5.32 Å². The maximum atomic E-state index is 12.2. The number of carbonyl (C=O) groups is 2. The van der Waals surface area contributed by atoms with E-state index in [9.17, 15) is 9.59 Å². The molecular weight excluding hydrogens is 306 g/mol. The fourth-order valence-corrected chi connectivity index (χ4v) is 2.85. The predicted octanol–water partition coefficient (Wildman–Crippen LogP) is 2.44. The lowest BCUT2D eigenvalue weighted by Gasteiger charge is -2.16. The van der Waals surface area contributed by atoms with Crippen molar-refractivity contribution in [3.05, 3.63) is 65.2 Å². The number of ether oxygens (including phenoxy) is 1. The Kier molecular flexibility index (Phi) is 4.79. The van der Waals surface area contributed by atoms with E-state index in [0.29, 0.717) is 12.2 Å². The quantitative estimate of drug-likeness (QED) is 0.905. The Morgan fingerprint density at radius 2 is 2.00 bits per heavy atom. The molecule has 0 radical (unpaired) electrons. The molecule has 0 fully saturated rings. The van der Waals surface area contributed by atoms with E-state index in [1.807, 2.05) is 24.3 Å². The van der Waals surface area contributed by atoms with Gasteiger partial charge in [-0.25, -0.2) is 4.79 Å². The van der Waals surface area contributed by atoms with E-state index in [4.69, 9.17) is 9.84 Å². The third-order valence-electron chi connectivity index (χ3n) is 4.08. The van der Waals surface area contributed by atoms with Gasteiger partial charge < -0.3 is 15.2 Å². The zero-order valence-electron chi connectivity index (χ0n) is 13.2. The molecule has 1 aliphatic rings. The maximum absolute atomic E-state index is 12.2. The molecule has 2 aromatic rings. The summed E-state index contributed by atoms with van der Waals surface area (Å²) >= 11 is 0. The first-order valence-corrected chi connectivity index (χ1v) is 7.94. The van der Waals surface area contributed by atoms with Crippen LogP contribution in [0, 0.1) is 0 Å². The van der Waals surface area contributed by atoms with Gasteiger partial charge in [0.05, 0.1) is 18.0 Å². The highest BCUT2D eigenvalue weighted by Gasteiger charge is 2.19. The van der Waals surface area contributed by atoms with Crippen LogP contribution in [0.2, 0.25) is 0 Å². The highest BCUT2D eigenvalue weighted by Crippen LogP contribution is 2.23. The topological polar surface area (TPSA) is 75.6 Å². The van der Waals surface area contributed by atoms with Gasteiger partial charge in [0.1, 0.15) is 12.4 Å². The summed E-state index contributed by atoms with van der Waals surface area (Å²) in [4.78, 5) is 23.2. The van der Waals surface area contributed by atoms with Gasteiger partial charge in [0.25, 0.3) is 0 Å². The summed E-state index contributed by atoms with van der Waals surface area (Å²) in [6, 6.07) is 14.3. The van der Waals surface area contributed by atoms with Gasteiger partial charge in [0.2, 0.25) is 5.91 Å². The molecule has 0 saturated heterocycles. The molecule has 5 nitrogen and oxygen atoms in total. The Labute approximate surface area is 140 Å². The van der Waals surface area contributed by atoms with Gasteiger partial charge in [-0.05, 0) is 42.2 Å². The van der Waals surface area contributed by atoms with Crippen molar-refractivity contribution in [2.45, 2.75) is 25.3 Å². The van der Waals surface area contributed by atoms with Gasteiger partial charge in [-0.3, -0.25) is 4.79 Å². The van der Waals surface area contributed by atoms with Gasteiger partial charge in [0.15, 0.2) is 0 Å². The molecule has 2 aromatic carbocycles. The molecule has 1 unspecified atom stereocenters. The van der Waals surface area contributed by atoms with Crippen molar-refractivity contribution in [2.24, 2.45) is 0 Å². The highest BCUT2D eigenvalue weighted by molar-refractivity contribution is 5.88. The lowest BCUT2D eigenvalue weighted by Crippen LogP contribution is -2.39. The van der Waals surface area contributed by atoms with Crippen LogP contribution in [0.1, 0.15) is 27.9 Å². The first kappa shape index (κ1) is 16.1. The zero-order chi connectivity index (χ0) is 16.9. The number of amides is 1. The second-order valence-corrected chi connectivity index (χ2v) is 5.90. The summed E-state index contributed by atoms with van der Waals surface area (Å²) < 4.78 is 5.77. The average molecular weight is 325 g/mol. The van der Waals surface area contributed by atoms with Crippen molar-refractivity contribution in [3.63, 3.8) is 0 Å². The van der Waals surface area contributed by atoms with E-state index >= 15 is 0 Å². The number of para-hydroxylation sites is 1. The van der Waals surface area contributed by atoms with Crippen LogP contribution in [-0.2, 0) is 17.6 Å². The molecular formula is C19H19NO4. The molecule has 1 atom stereocenters. The van der Waals surface area contributed by atoms with E-state index in [0.717, 1.165) is 24.2 Å². The molecule has 0 aliphatic carbocycles. The monoisotopic (exact) mass is 325 g/mol. The van der Waals surface area contributed by atoms with Crippen LogP contribution < -0.4 is 10.1 Å². The molecule has 0 saturated carbocycles. The van der Waals surface area contributed by atoms with Crippen molar-refractivity contribution in [2.75, 3.05) is 6.61 Å². The largest absolute Gasteiger partial charge is 0.491 e. The van der Waals surface area contributed by atoms with Gasteiger partial charge in [0, 0.05) is 0 Å². The Morgan fingerprint density at radius 3 is 2.83 bits per heavy atom. The standard InChI is InChI=1S/C19H19NO4/c21-18(11-13-4-3-6-15(10-13)19(22)23)20-16-9-8-14-5-1-2-7-17(14)24-12-16/h1-7,10,16H,8-9,11-12H2,(H,20,21)(H,22,23). The Hall–Kier alpha value is -2.82. The maximum Gasteiger partial charge on any atom is 0.335 e. The summed E-state index contributed by atoms with van der Waals surface area (Å²) in [6.07, 6.45) is 1.83. The third-order valence-corrected chi connectivity index (χ3v) is 4.08. The van der Waals surface area contributed by atoms with Gasteiger partial charge in [-0.1, -0.05) is 30.3 Å². The normalized spacial score (nSPS) is 16.4. The van der Waals surface area contributed by atoms with Crippen LogP contribution in [0.5, 0.6) is 5.75 Å². The van der Waals surface area contributed by atoms with E-state index < -0.39 is 5.97 Å². The fraction of sp³-hybridized carbons (Fsp3) is 0.263. The minimum atomic E-state index is -0.993. The summed E-state index contributed by atoms with van der Waals surface area (Å²) in [5.41, 5.74) is 2.03. The van der Waals surface area contributed by atoms with Crippen LogP contribution in [0.25, 0.3) is 0 Å². The number of hydrogen-bond donors (Lipinski definition) is 2. The van der Waals surface area contributed by atoms with Crippen molar-refractivity contribution in [1.29, 1.82) is 0 Å². The number of nitrogens with one attached hydrogen (secondary N) is 1. The van der Waals surface area contributed by atoms with E-state index in [1.165, 1.54) is 12.1 Å². The van der Waals surface area contributed by atoms with Crippen molar-refractivity contribution in [3.8, 4) is 5.75 Å². The molecule has 124 valence electrons. The smallest absolute Gasteiger partial charge is 0.335 e. The summed E-state index contributed by atoms with van der Waals surface area (Å²) in [5.74, 6) is -0.243. The second kappa shape index (κ2) is 7.17. The van der Waals surface area contributed by atoms with Gasteiger partial charge >= 0.3 is 5.97 Å². The number of carbonyl (C=O) groups excluding carboxylic acids is 1. The SMILES string of the molecule is O=C(Cc1cccc(C(=O)O)c1)NC1CCc2ccccc2OC1. The van der Waals surface area contributed by atoms with Crippen LogP contribution in [-0.4, -0.2) is 29.6 Å². The third kappa shape index (κ3) is 3.93. The fourth-order valence-electron chi connectivity index (χ4n) is 2.85. The highest BCUT2D eigenvalue weighted by atomic mass is 16.5. The minimum Gasteiger partial charge on any atom is -0.491 e. The van der Waals surface area contributed by atoms with Crippen molar-refractivity contribution < 1.29 is 19.4 Å². The number of hydrogen-bond acceptors (Lipinski definition) is 3. The summed E-state index contributed by atoms with van der Waals surface area (Å²) in [7, 11) is 0. The molecule has 1 heterocycles. The average Bonchev–Trinajstić information content (AvgIpc) is 2.78. The molecule has 2 N–H and O–H groups in total. The Bertz CT molecular complexity index is 730. The summed E-state index contributed by atoms with van der Waals surface area (Å²) in [5, 5.41) is 12.0. The van der Waals surface area contributed by atoms with E-state index in [2.05, 4.69) is 5.32 Å². The number of carboxylic acid groups (broad SMARTS) is 1. The number of benzene rings is 2. The van der Waals surface area contributed by atoms with Crippen LogP contribution in [0.3, 0.4) is 0 Å². The lowest BCUT2D eigenvalue weighted by molar-refractivity contribution is -0.121. The van der Waals surface area contributed by atoms with Crippen LogP contribution >= 0.6 is 0 Å². The molecule has 0 aromatic heterocycles. The van der Waals surface area contributed by atoms with Crippen LogP contribution in [0.4, 0.5) is 0 Å². The number of carboxylic acids is 1. The molecule has 0 bridgehead atoms. The van der Waals surface area contributed by atoms with E-state index in [-0.39, 0.29) is 23.9 Å². The molecule has 5 heteroatoms. The molecule has 0 spiro atoms. The lowest BCUT2D eigenvalue weighted by atomic mass is 10.1. The van der Waals surface area contributed by atoms with Crippen LogP contribution in [0.15, 0.2) is 48.5 Å². The molecule has 3 rings (SSSR count). The van der Waals surface area contributed by atoms with E-state index in [1.54, 1.807) is 12.1 Å². The number of aryl methyl sites for hydroxylation is 1.